The van der Waals surface area contributed by atoms with Crippen LogP contribution in [0.2, 0.25) is 0 Å². The number of aromatic nitrogens is 2. The number of fused-ring (bicyclic) bond motifs is 1. The topological polar surface area (TPSA) is 46.1 Å². The van der Waals surface area contributed by atoms with Crippen molar-refractivity contribution >= 4 is 71.1 Å². The maximum Gasteiger partial charge on any atom is 0.261 e. The van der Waals surface area contributed by atoms with Crippen LogP contribution in [0.3, 0.4) is 0 Å². The quantitative estimate of drug-likeness (QED) is 0.297. The molecule has 0 fully saturated rings. The van der Waals surface area contributed by atoms with E-state index < -0.39 is 0 Å². The highest BCUT2D eigenvalue weighted by Gasteiger charge is 2.23. The molecule has 4 nitrogen and oxygen atoms in total. The van der Waals surface area contributed by atoms with Crippen LogP contribution in [0.4, 0.5) is 5.13 Å². The molecule has 0 unspecified atom stereocenters. The Labute approximate surface area is 182 Å². The number of anilines is 1. The highest BCUT2D eigenvalue weighted by Crippen LogP contribution is 2.32. The number of thiazole rings is 1. The molecule has 0 saturated heterocycles. The molecule has 0 aliphatic carbocycles. The summed E-state index contributed by atoms with van der Waals surface area (Å²) in [7, 11) is 0. The SMILES string of the molecule is O=C(c1ccccc1I)N(Cc1cccnc1)c1nc2ccc(Br)cc2s1. The lowest BCUT2D eigenvalue weighted by Gasteiger charge is -2.20. The van der Waals surface area contributed by atoms with Gasteiger partial charge in [0.1, 0.15) is 0 Å². The van der Waals surface area contributed by atoms with Gasteiger partial charge in [-0.25, -0.2) is 4.98 Å². The van der Waals surface area contributed by atoms with E-state index in [1.165, 1.54) is 11.3 Å². The molecule has 0 aliphatic rings. The van der Waals surface area contributed by atoms with Gasteiger partial charge < -0.3 is 0 Å². The van der Waals surface area contributed by atoms with E-state index >= 15 is 0 Å². The van der Waals surface area contributed by atoms with Crippen molar-refractivity contribution in [2.45, 2.75) is 6.54 Å². The van der Waals surface area contributed by atoms with E-state index in [1.54, 1.807) is 17.3 Å². The van der Waals surface area contributed by atoms with Crippen LogP contribution in [0, 0.1) is 3.57 Å². The molecule has 134 valence electrons. The van der Waals surface area contributed by atoms with Crippen molar-refractivity contribution in [3.63, 3.8) is 0 Å². The second kappa shape index (κ2) is 8.04. The van der Waals surface area contributed by atoms with Gasteiger partial charge in [-0.2, -0.15) is 0 Å². The number of pyridine rings is 1. The summed E-state index contributed by atoms with van der Waals surface area (Å²) in [5.41, 5.74) is 2.50. The Kier molecular flexibility index (Phi) is 5.51. The molecular weight excluding hydrogens is 537 g/mol. The first-order valence-electron chi connectivity index (χ1n) is 8.13. The molecule has 7 heteroatoms. The maximum absolute atomic E-state index is 13.4. The summed E-state index contributed by atoms with van der Waals surface area (Å²) >= 11 is 7.20. The molecule has 0 radical (unpaired) electrons. The molecule has 2 heterocycles. The minimum atomic E-state index is -0.0676. The first-order chi connectivity index (χ1) is 13.1. The van der Waals surface area contributed by atoms with Crippen molar-refractivity contribution in [1.29, 1.82) is 0 Å². The molecule has 1 amide bonds. The second-order valence-electron chi connectivity index (χ2n) is 5.84. The number of hydrogen-bond donors (Lipinski definition) is 0. The Morgan fingerprint density at radius 2 is 2.00 bits per heavy atom. The summed E-state index contributed by atoms with van der Waals surface area (Å²) in [6.07, 6.45) is 3.51. The molecule has 27 heavy (non-hydrogen) atoms. The fourth-order valence-corrected chi connectivity index (χ4v) is 4.82. The Morgan fingerprint density at radius 3 is 2.78 bits per heavy atom. The molecule has 0 aliphatic heterocycles. The van der Waals surface area contributed by atoms with E-state index in [0.29, 0.717) is 17.2 Å². The van der Waals surface area contributed by atoms with E-state index in [4.69, 9.17) is 4.98 Å². The minimum absolute atomic E-state index is 0.0676. The summed E-state index contributed by atoms with van der Waals surface area (Å²) in [4.78, 5) is 24.0. The van der Waals surface area contributed by atoms with Gasteiger partial charge in [-0.05, 0) is 64.6 Å². The molecule has 2 aromatic carbocycles. The van der Waals surface area contributed by atoms with E-state index in [1.807, 2.05) is 54.6 Å². The third-order valence-corrected chi connectivity index (χ3v) is 6.46. The number of rotatable bonds is 4. The molecule has 0 saturated carbocycles. The van der Waals surface area contributed by atoms with Crippen LogP contribution in [0.15, 0.2) is 71.5 Å². The smallest absolute Gasteiger partial charge is 0.261 e. The second-order valence-corrected chi connectivity index (χ2v) is 8.93. The average Bonchev–Trinajstić information content (AvgIpc) is 3.09. The maximum atomic E-state index is 13.4. The van der Waals surface area contributed by atoms with Gasteiger partial charge in [-0.1, -0.05) is 45.5 Å². The first-order valence-corrected chi connectivity index (χ1v) is 10.8. The molecule has 0 N–H and O–H groups in total. The average molecular weight is 550 g/mol. The Hall–Kier alpha value is -1.84. The van der Waals surface area contributed by atoms with Crippen molar-refractivity contribution in [3.8, 4) is 0 Å². The number of nitrogens with zero attached hydrogens (tertiary/aromatic N) is 3. The zero-order chi connectivity index (χ0) is 18.8. The van der Waals surface area contributed by atoms with Crippen molar-refractivity contribution in [2.24, 2.45) is 0 Å². The minimum Gasteiger partial charge on any atom is -0.279 e. The highest BCUT2D eigenvalue weighted by atomic mass is 127. The van der Waals surface area contributed by atoms with Crippen LogP contribution in [-0.4, -0.2) is 15.9 Å². The van der Waals surface area contributed by atoms with E-state index in [9.17, 15) is 4.79 Å². The zero-order valence-corrected chi connectivity index (χ0v) is 18.5. The third-order valence-electron chi connectivity index (χ3n) is 3.98. The summed E-state index contributed by atoms with van der Waals surface area (Å²) in [6, 6.07) is 17.4. The van der Waals surface area contributed by atoms with Crippen molar-refractivity contribution in [2.75, 3.05) is 4.90 Å². The molecule has 4 rings (SSSR count). The normalized spacial score (nSPS) is 10.9. The molecule has 0 bridgehead atoms. The van der Waals surface area contributed by atoms with Crippen LogP contribution in [-0.2, 0) is 6.54 Å². The van der Waals surface area contributed by atoms with Crippen LogP contribution in [0.5, 0.6) is 0 Å². The summed E-state index contributed by atoms with van der Waals surface area (Å²) in [5, 5.41) is 0.677. The fourth-order valence-electron chi connectivity index (χ4n) is 2.68. The number of carbonyl (C=O) groups is 1. The van der Waals surface area contributed by atoms with Gasteiger partial charge in [0.05, 0.1) is 22.3 Å². The zero-order valence-electron chi connectivity index (χ0n) is 14.0. The number of amides is 1. The van der Waals surface area contributed by atoms with Crippen molar-refractivity contribution in [3.05, 3.63) is 86.2 Å². The van der Waals surface area contributed by atoms with Crippen LogP contribution < -0.4 is 4.90 Å². The lowest BCUT2D eigenvalue weighted by atomic mass is 10.2. The van der Waals surface area contributed by atoms with Gasteiger partial charge >= 0.3 is 0 Å². The predicted molar refractivity (Wildman–Crippen MR) is 121 cm³/mol. The standard InChI is InChI=1S/C20H13BrIN3OS/c21-14-7-8-17-18(10-14)27-20(24-17)25(12-13-4-3-9-23-11-13)19(26)15-5-1-2-6-16(15)22/h1-11H,12H2. The van der Waals surface area contributed by atoms with Crippen LogP contribution >= 0.6 is 49.9 Å². The van der Waals surface area contributed by atoms with E-state index in [-0.39, 0.29) is 5.91 Å². The monoisotopic (exact) mass is 549 g/mol. The number of halogens is 2. The van der Waals surface area contributed by atoms with Gasteiger partial charge in [-0.15, -0.1) is 0 Å². The predicted octanol–water partition coefficient (Wildman–Crippen LogP) is 5.91. The number of carbonyl (C=O) groups excluding carboxylic acids is 1. The largest absolute Gasteiger partial charge is 0.279 e. The number of hydrogen-bond acceptors (Lipinski definition) is 4. The first kappa shape index (κ1) is 18.5. The van der Waals surface area contributed by atoms with Gasteiger partial charge in [0.2, 0.25) is 0 Å². The van der Waals surface area contributed by atoms with Gasteiger partial charge in [0, 0.05) is 20.4 Å². The van der Waals surface area contributed by atoms with Gasteiger partial charge in [-0.3, -0.25) is 14.7 Å². The lowest BCUT2D eigenvalue weighted by molar-refractivity contribution is 0.0984. The Morgan fingerprint density at radius 1 is 1.15 bits per heavy atom. The third kappa shape index (κ3) is 4.04. The lowest BCUT2D eigenvalue weighted by Crippen LogP contribution is -2.31. The Bertz CT molecular complexity index is 1120. The van der Waals surface area contributed by atoms with Gasteiger partial charge in [0.15, 0.2) is 5.13 Å². The van der Waals surface area contributed by atoms with Gasteiger partial charge in [0.25, 0.3) is 5.91 Å². The molecule has 2 aromatic heterocycles. The number of benzene rings is 2. The Balaban J connectivity index is 1.79. The molecular formula is C20H13BrIN3OS. The molecule has 0 atom stereocenters. The molecule has 0 spiro atoms. The highest BCUT2D eigenvalue weighted by molar-refractivity contribution is 14.1. The van der Waals surface area contributed by atoms with Crippen molar-refractivity contribution < 1.29 is 4.79 Å². The summed E-state index contributed by atoms with van der Waals surface area (Å²) in [6.45, 7) is 0.415. The fraction of sp³-hybridized carbons (Fsp3) is 0.0500. The summed E-state index contributed by atoms with van der Waals surface area (Å²) in [5.74, 6) is -0.0676. The van der Waals surface area contributed by atoms with E-state index in [0.717, 1.165) is 23.8 Å². The molecule has 4 aromatic rings. The van der Waals surface area contributed by atoms with Crippen molar-refractivity contribution in [1.82, 2.24) is 9.97 Å². The van der Waals surface area contributed by atoms with Crippen LogP contribution in [0.25, 0.3) is 10.2 Å². The van der Waals surface area contributed by atoms with E-state index in [2.05, 4.69) is 43.5 Å². The van der Waals surface area contributed by atoms with Crippen LogP contribution in [0.1, 0.15) is 15.9 Å². The summed E-state index contributed by atoms with van der Waals surface area (Å²) < 4.78 is 2.94.